The van der Waals surface area contributed by atoms with Gasteiger partial charge in [0.15, 0.2) is 0 Å². The van der Waals surface area contributed by atoms with Crippen LogP contribution < -0.4 is 9.62 Å². The molecule has 0 radical (unpaired) electrons. The van der Waals surface area contributed by atoms with E-state index >= 15 is 0 Å². The number of carboxylic acids is 1. The average molecular weight is 417 g/mol. The minimum atomic E-state index is -3.88. The highest BCUT2D eigenvalue weighted by molar-refractivity contribution is 7.92. The Bertz CT molecular complexity index is 961. The number of sulfonamides is 1. The molecule has 0 aliphatic carbocycles. The summed E-state index contributed by atoms with van der Waals surface area (Å²) in [5.41, 5.74) is 1.88. The summed E-state index contributed by atoms with van der Waals surface area (Å²) in [6.07, 6.45) is 4.50. The molecule has 0 aromatic heterocycles. The Morgan fingerprint density at radius 2 is 1.62 bits per heavy atom. The van der Waals surface area contributed by atoms with Crippen LogP contribution in [0.1, 0.15) is 61.4 Å². The van der Waals surface area contributed by atoms with Gasteiger partial charge >= 0.3 is 5.97 Å². The summed E-state index contributed by atoms with van der Waals surface area (Å²) in [5.74, 6) is -0.862. The topological polar surface area (TPSA) is 86.7 Å². The maximum Gasteiger partial charge on any atom is 0.337 e. The molecule has 0 saturated carbocycles. The molecule has 2 N–H and O–H groups in total. The van der Waals surface area contributed by atoms with Gasteiger partial charge in [-0.25, -0.2) is 13.2 Å². The minimum absolute atomic E-state index is 0.0471. The third-order valence-corrected chi connectivity index (χ3v) is 6.69. The number of carboxylic acid groups (broad SMARTS) is 1. The number of aromatic carboxylic acids is 1. The molecule has 2 aromatic carbocycles. The van der Waals surface area contributed by atoms with E-state index in [1.165, 1.54) is 12.8 Å². The first-order valence-corrected chi connectivity index (χ1v) is 11.5. The van der Waals surface area contributed by atoms with Gasteiger partial charge in [0.2, 0.25) is 0 Å². The zero-order chi connectivity index (χ0) is 21.0. The van der Waals surface area contributed by atoms with E-state index in [0.29, 0.717) is 5.92 Å². The minimum Gasteiger partial charge on any atom is -0.478 e. The van der Waals surface area contributed by atoms with Crippen LogP contribution in [0.2, 0.25) is 0 Å². The Morgan fingerprint density at radius 3 is 2.17 bits per heavy atom. The van der Waals surface area contributed by atoms with Gasteiger partial charge in [-0.05, 0) is 54.7 Å². The van der Waals surface area contributed by atoms with Crippen molar-refractivity contribution in [3.05, 3.63) is 53.6 Å². The highest BCUT2D eigenvalue weighted by atomic mass is 32.2. The number of nitrogens with one attached hydrogen (secondary N) is 1. The molecule has 1 aliphatic heterocycles. The fraction of sp³-hybridized carbons (Fsp3) is 0.409. The second-order valence-corrected chi connectivity index (χ2v) is 9.45. The molecule has 0 spiro atoms. The van der Waals surface area contributed by atoms with E-state index in [0.717, 1.165) is 37.2 Å². The molecule has 0 atom stereocenters. The monoisotopic (exact) mass is 416 g/mol. The molecule has 29 heavy (non-hydrogen) atoms. The van der Waals surface area contributed by atoms with Crippen molar-refractivity contribution in [2.24, 2.45) is 0 Å². The summed E-state index contributed by atoms with van der Waals surface area (Å²) in [6, 6.07) is 11.5. The van der Waals surface area contributed by atoms with Crippen molar-refractivity contribution < 1.29 is 18.3 Å². The predicted molar refractivity (Wildman–Crippen MR) is 115 cm³/mol. The first-order valence-electron chi connectivity index (χ1n) is 10.0. The van der Waals surface area contributed by atoms with Crippen molar-refractivity contribution in [1.29, 1.82) is 0 Å². The summed E-state index contributed by atoms with van der Waals surface area (Å²) < 4.78 is 28.0. The lowest BCUT2D eigenvalue weighted by Crippen LogP contribution is -2.24. The third-order valence-electron chi connectivity index (χ3n) is 5.31. The first kappa shape index (κ1) is 21.2. The van der Waals surface area contributed by atoms with Crippen molar-refractivity contribution in [1.82, 2.24) is 0 Å². The molecule has 0 unspecified atom stereocenters. The Hall–Kier alpha value is -2.54. The van der Waals surface area contributed by atoms with E-state index in [4.69, 9.17) is 0 Å². The van der Waals surface area contributed by atoms with Gasteiger partial charge in [0, 0.05) is 18.8 Å². The van der Waals surface area contributed by atoms with E-state index < -0.39 is 16.0 Å². The summed E-state index contributed by atoms with van der Waals surface area (Å²) >= 11 is 0. The van der Waals surface area contributed by atoms with Gasteiger partial charge in [0.25, 0.3) is 10.0 Å². The molecule has 1 heterocycles. The highest BCUT2D eigenvalue weighted by Gasteiger charge is 2.20. The first-order chi connectivity index (χ1) is 13.8. The second kappa shape index (κ2) is 8.86. The highest BCUT2D eigenvalue weighted by Crippen LogP contribution is 2.28. The maximum atomic E-state index is 12.8. The van der Waals surface area contributed by atoms with Gasteiger partial charge in [-0.1, -0.05) is 38.8 Å². The second-order valence-electron chi connectivity index (χ2n) is 7.77. The number of hydrogen-bond acceptors (Lipinski definition) is 4. The third kappa shape index (κ3) is 5.09. The molecular formula is C22H28N2O4S. The maximum absolute atomic E-state index is 12.8. The van der Waals surface area contributed by atoms with Crippen LogP contribution in [0.25, 0.3) is 0 Å². The van der Waals surface area contributed by atoms with Crippen LogP contribution in [0.5, 0.6) is 0 Å². The fourth-order valence-electron chi connectivity index (χ4n) is 3.56. The van der Waals surface area contributed by atoms with Gasteiger partial charge < -0.3 is 10.0 Å². The van der Waals surface area contributed by atoms with Crippen molar-refractivity contribution in [2.45, 2.75) is 50.3 Å². The van der Waals surface area contributed by atoms with Gasteiger partial charge in [-0.2, -0.15) is 0 Å². The number of nitrogens with zero attached hydrogens (tertiary/aromatic N) is 1. The lowest BCUT2D eigenvalue weighted by atomic mass is 10.0. The number of rotatable bonds is 6. The Labute approximate surface area is 172 Å². The number of hydrogen-bond donors (Lipinski definition) is 2. The van der Waals surface area contributed by atoms with E-state index in [1.54, 1.807) is 42.5 Å². The van der Waals surface area contributed by atoms with E-state index in [2.05, 4.69) is 9.62 Å². The standard InChI is InChI=1S/C22H28N2O4S/c1-16(2)17-7-10-19(11-8-17)29(27,28)23-21-12-9-18(15-20(21)22(25)26)24-13-5-3-4-6-14-24/h7-12,15-16,23H,3-6,13-14H2,1-2H3,(H,25,26). The largest absolute Gasteiger partial charge is 0.478 e. The van der Waals surface area contributed by atoms with Crippen LogP contribution in [-0.4, -0.2) is 32.6 Å². The van der Waals surface area contributed by atoms with Crippen molar-refractivity contribution in [2.75, 3.05) is 22.7 Å². The molecule has 7 heteroatoms. The number of anilines is 2. The lowest BCUT2D eigenvalue weighted by molar-refractivity contribution is 0.0698. The van der Waals surface area contributed by atoms with Gasteiger partial charge in [-0.15, -0.1) is 0 Å². The summed E-state index contributed by atoms with van der Waals surface area (Å²) in [4.78, 5) is 14.1. The fourth-order valence-corrected chi connectivity index (χ4v) is 4.64. The van der Waals surface area contributed by atoms with Crippen LogP contribution >= 0.6 is 0 Å². The average Bonchev–Trinajstić information content (AvgIpc) is 2.97. The number of benzene rings is 2. The molecule has 1 aliphatic rings. The molecule has 0 bridgehead atoms. The smallest absolute Gasteiger partial charge is 0.337 e. The van der Waals surface area contributed by atoms with E-state index in [-0.39, 0.29) is 16.1 Å². The van der Waals surface area contributed by atoms with E-state index in [9.17, 15) is 18.3 Å². The van der Waals surface area contributed by atoms with Gasteiger partial charge in [0.1, 0.15) is 0 Å². The zero-order valence-corrected chi connectivity index (χ0v) is 17.7. The molecule has 2 aromatic rings. The Morgan fingerprint density at radius 1 is 1.00 bits per heavy atom. The molecule has 0 amide bonds. The Kier molecular flexibility index (Phi) is 6.47. The lowest BCUT2D eigenvalue weighted by Gasteiger charge is -2.23. The molecule has 1 saturated heterocycles. The molecule has 6 nitrogen and oxygen atoms in total. The Balaban J connectivity index is 1.88. The van der Waals surface area contributed by atoms with Crippen molar-refractivity contribution in [3.63, 3.8) is 0 Å². The van der Waals surface area contributed by atoms with Gasteiger partial charge in [0.05, 0.1) is 16.1 Å². The summed E-state index contributed by atoms with van der Waals surface area (Å²) in [5, 5.41) is 9.66. The summed E-state index contributed by atoms with van der Waals surface area (Å²) in [7, 11) is -3.88. The predicted octanol–water partition coefficient (Wildman–Crippen LogP) is 4.69. The van der Waals surface area contributed by atoms with Crippen LogP contribution in [0.4, 0.5) is 11.4 Å². The molecule has 156 valence electrons. The van der Waals surface area contributed by atoms with Crippen molar-refractivity contribution in [3.8, 4) is 0 Å². The van der Waals surface area contributed by atoms with Crippen LogP contribution in [-0.2, 0) is 10.0 Å². The number of carbonyl (C=O) groups is 1. The van der Waals surface area contributed by atoms with Crippen molar-refractivity contribution >= 4 is 27.4 Å². The normalized spacial score (nSPS) is 15.2. The summed E-state index contributed by atoms with van der Waals surface area (Å²) in [6.45, 7) is 5.83. The van der Waals surface area contributed by atoms with E-state index in [1.807, 2.05) is 13.8 Å². The van der Waals surface area contributed by atoms with Crippen LogP contribution in [0.3, 0.4) is 0 Å². The zero-order valence-electron chi connectivity index (χ0n) is 16.9. The molecule has 1 fully saturated rings. The van der Waals surface area contributed by atoms with Crippen LogP contribution in [0.15, 0.2) is 47.4 Å². The van der Waals surface area contributed by atoms with Crippen LogP contribution in [0, 0.1) is 0 Å². The quantitative estimate of drug-likeness (QED) is 0.713. The van der Waals surface area contributed by atoms with Gasteiger partial charge in [-0.3, -0.25) is 4.72 Å². The molecule has 3 rings (SSSR count). The SMILES string of the molecule is CC(C)c1ccc(S(=O)(=O)Nc2ccc(N3CCCCCC3)cc2C(=O)O)cc1. The molecular weight excluding hydrogens is 388 g/mol.